The van der Waals surface area contributed by atoms with Crippen LogP contribution in [0.15, 0.2) is 23.0 Å². The van der Waals surface area contributed by atoms with Crippen molar-refractivity contribution in [1.29, 1.82) is 0 Å². The molecule has 0 aliphatic heterocycles. The molecule has 1 aromatic carbocycles. The Kier molecular flexibility index (Phi) is 3.79. The van der Waals surface area contributed by atoms with Crippen LogP contribution in [0.4, 0.5) is 0 Å². The molecule has 1 aromatic heterocycles. The van der Waals surface area contributed by atoms with Gasteiger partial charge in [-0.15, -0.1) is 0 Å². The smallest absolute Gasteiger partial charge is 0.360 e. The maximum Gasteiger partial charge on any atom is 0.360 e. The van der Waals surface area contributed by atoms with E-state index in [0.29, 0.717) is 17.9 Å². The number of H-pyrrole nitrogens is 1. The molecule has 0 radical (unpaired) electrons. The Hall–Kier alpha value is -2.37. The van der Waals surface area contributed by atoms with Crippen LogP contribution in [-0.2, 0) is 0 Å². The highest BCUT2D eigenvalue weighted by Crippen LogP contribution is 2.17. The highest BCUT2D eigenvalue weighted by atomic mass is 16.5. The number of rotatable bonds is 5. The average molecular weight is 262 g/mol. The number of ether oxygens (including phenoxy) is 1. The first kappa shape index (κ1) is 13.1. The summed E-state index contributed by atoms with van der Waals surface area (Å²) in [6.07, 6.45) is 1.94. The van der Waals surface area contributed by atoms with E-state index in [9.17, 15) is 9.59 Å². The lowest BCUT2D eigenvalue weighted by molar-refractivity contribution is 0.0688. The van der Waals surface area contributed by atoms with Gasteiger partial charge in [0.2, 0.25) is 11.1 Å². The van der Waals surface area contributed by atoms with Crippen molar-refractivity contribution in [3.05, 3.63) is 34.1 Å². The van der Waals surface area contributed by atoms with E-state index in [1.807, 2.05) is 0 Å². The van der Waals surface area contributed by atoms with E-state index in [2.05, 4.69) is 17.1 Å². The number of carboxylic acids is 1. The van der Waals surface area contributed by atoms with Crippen LogP contribution in [0.3, 0.4) is 0 Å². The Morgan fingerprint density at radius 2 is 2.26 bits per heavy atom. The lowest BCUT2D eigenvalue weighted by Gasteiger charge is -2.06. The molecule has 0 atom stereocenters. The second-order valence-electron chi connectivity index (χ2n) is 4.12. The summed E-state index contributed by atoms with van der Waals surface area (Å²) in [7, 11) is 0. The largest absolute Gasteiger partial charge is 0.494 e. The minimum absolute atomic E-state index is 0.265. The number of benzene rings is 1. The minimum Gasteiger partial charge on any atom is -0.494 e. The number of carboxylic acid groups (broad SMARTS) is 1. The first-order valence-corrected chi connectivity index (χ1v) is 6.02. The minimum atomic E-state index is -1.35. The molecule has 2 aromatic rings. The van der Waals surface area contributed by atoms with Crippen molar-refractivity contribution in [3.8, 4) is 5.75 Å². The van der Waals surface area contributed by atoms with Crippen molar-refractivity contribution in [2.24, 2.45) is 0 Å². The molecule has 19 heavy (non-hydrogen) atoms. The molecule has 0 saturated carbocycles. The summed E-state index contributed by atoms with van der Waals surface area (Å²) in [5.74, 6) is -0.797. The maximum absolute atomic E-state index is 11.9. The Bertz CT molecular complexity index is 663. The van der Waals surface area contributed by atoms with Crippen LogP contribution in [0.1, 0.15) is 30.3 Å². The number of nitrogens with one attached hydrogen (secondary N) is 1. The van der Waals surface area contributed by atoms with Crippen LogP contribution >= 0.6 is 0 Å². The van der Waals surface area contributed by atoms with E-state index in [4.69, 9.17) is 9.84 Å². The van der Waals surface area contributed by atoms with Gasteiger partial charge in [-0.2, -0.15) is 5.10 Å². The van der Waals surface area contributed by atoms with Crippen LogP contribution in [-0.4, -0.2) is 27.9 Å². The number of aromatic carboxylic acids is 1. The molecule has 0 amide bonds. The zero-order chi connectivity index (χ0) is 13.8. The molecule has 2 rings (SSSR count). The number of aromatic amines is 1. The van der Waals surface area contributed by atoms with E-state index in [1.54, 1.807) is 12.1 Å². The van der Waals surface area contributed by atoms with Gasteiger partial charge < -0.3 is 9.84 Å². The molecule has 0 bridgehead atoms. The summed E-state index contributed by atoms with van der Waals surface area (Å²) < 4.78 is 5.49. The second kappa shape index (κ2) is 5.51. The van der Waals surface area contributed by atoms with Gasteiger partial charge in [-0.05, 0) is 24.6 Å². The molecule has 6 nitrogen and oxygen atoms in total. The van der Waals surface area contributed by atoms with Crippen molar-refractivity contribution < 1.29 is 14.6 Å². The highest BCUT2D eigenvalue weighted by Gasteiger charge is 2.13. The number of carbonyl (C=O) groups is 1. The monoisotopic (exact) mass is 262 g/mol. The van der Waals surface area contributed by atoms with Gasteiger partial charge in [0.25, 0.3) is 0 Å². The summed E-state index contributed by atoms with van der Waals surface area (Å²) in [5, 5.41) is 15.2. The molecular weight excluding hydrogens is 248 g/mol. The standard InChI is InChI=1S/C13H14N2O4/c1-2-3-6-19-8-4-5-10-9(7-8)12(16)11(13(17)18)15-14-10/h4-5,7H,2-3,6H2,1H3,(H,14,16)(H,17,18). The number of aromatic nitrogens is 2. The van der Waals surface area contributed by atoms with Gasteiger partial charge in [-0.3, -0.25) is 9.89 Å². The summed E-state index contributed by atoms with van der Waals surface area (Å²) in [4.78, 5) is 22.8. The van der Waals surface area contributed by atoms with Gasteiger partial charge in [0, 0.05) is 0 Å². The summed E-state index contributed by atoms with van der Waals surface area (Å²) in [6, 6.07) is 4.91. The lowest BCUT2D eigenvalue weighted by Crippen LogP contribution is -2.18. The second-order valence-corrected chi connectivity index (χ2v) is 4.12. The molecule has 100 valence electrons. The third-order valence-electron chi connectivity index (χ3n) is 2.71. The van der Waals surface area contributed by atoms with Gasteiger partial charge in [-0.1, -0.05) is 13.3 Å². The van der Waals surface area contributed by atoms with Crippen molar-refractivity contribution in [1.82, 2.24) is 10.2 Å². The first-order chi connectivity index (χ1) is 9.13. The van der Waals surface area contributed by atoms with Crippen LogP contribution in [0, 0.1) is 0 Å². The van der Waals surface area contributed by atoms with Gasteiger partial charge in [-0.25, -0.2) is 4.79 Å². The van der Waals surface area contributed by atoms with Gasteiger partial charge >= 0.3 is 5.97 Å². The van der Waals surface area contributed by atoms with E-state index in [1.165, 1.54) is 6.07 Å². The SMILES string of the molecule is CCCCOc1ccc2[nH]nc(C(=O)O)c(=O)c2c1. The average Bonchev–Trinajstić information content (AvgIpc) is 2.39. The normalized spacial score (nSPS) is 10.6. The molecule has 0 aliphatic carbocycles. The number of unbranched alkanes of at least 4 members (excludes halogenated alkanes) is 1. The third kappa shape index (κ3) is 2.73. The third-order valence-corrected chi connectivity index (χ3v) is 2.71. The van der Waals surface area contributed by atoms with Crippen molar-refractivity contribution in [3.63, 3.8) is 0 Å². The van der Waals surface area contributed by atoms with E-state index < -0.39 is 17.1 Å². The van der Waals surface area contributed by atoms with Crippen LogP contribution in [0.2, 0.25) is 0 Å². The highest BCUT2D eigenvalue weighted by molar-refractivity contribution is 5.90. The topological polar surface area (TPSA) is 92.3 Å². The quantitative estimate of drug-likeness (QED) is 0.801. The number of hydrogen-bond donors (Lipinski definition) is 2. The number of fused-ring (bicyclic) bond motifs is 1. The van der Waals surface area contributed by atoms with Crippen molar-refractivity contribution in [2.45, 2.75) is 19.8 Å². The van der Waals surface area contributed by atoms with Crippen LogP contribution < -0.4 is 10.2 Å². The molecule has 0 fully saturated rings. The Balaban J connectivity index is 2.42. The maximum atomic E-state index is 11.9. The fraction of sp³-hybridized carbons (Fsp3) is 0.308. The summed E-state index contributed by atoms with van der Waals surface area (Å²) >= 11 is 0. The molecule has 0 saturated heterocycles. The Labute approximate surface area is 109 Å². The molecule has 6 heteroatoms. The van der Waals surface area contributed by atoms with Gasteiger partial charge in [0.05, 0.1) is 17.5 Å². The predicted octanol–water partition coefficient (Wildman–Crippen LogP) is 1.80. The van der Waals surface area contributed by atoms with E-state index in [-0.39, 0.29) is 5.39 Å². The van der Waals surface area contributed by atoms with Gasteiger partial charge in [0.1, 0.15) is 5.75 Å². The zero-order valence-electron chi connectivity index (χ0n) is 10.5. The Morgan fingerprint density at radius 3 is 2.95 bits per heavy atom. The fourth-order valence-electron chi connectivity index (χ4n) is 1.67. The molecular formula is C13H14N2O4. The van der Waals surface area contributed by atoms with Gasteiger partial charge in [0.15, 0.2) is 0 Å². The van der Waals surface area contributed by atoms with Crippen molar-refractivity contribution >= 4 is 16.9 Å². The first-order valence-electron chi connectivity index (χ1n) is 6.02. The lowest BCUT2D eigenvalue weighted by atomic mass is 10.2. The zero-order valence-corrected chi connectivity index (χ0v) is 10.5. The van der Waals surface area contributed by atoms with Crippen molar-refractivity contribution in [2.75, 3.05) is 6.61 Å². The summed E-state index contributed by atoms with van der Waals surface area (Å²) in [5.41, 5.74) is -0.641. The van der Waals surface area contributed by atoms with E-state index in [0.717, 1.165) is 12.8 Å². The Morgan fingerprint density at radius 1 is 1.47 bits per heavy atom. The van der Waals surface area contributed by atoms with Crippen LogP contribution in [0.25, 0.3) is 10.9 Å². The van der Waals surface area contributed by atoms with Crippen LogP contribution in [0.5, 0.6) is 5.75 Å². The molecule has 0 spiro atoms. The van der Waals surface area contributed by atoms with E-state index >= 15 is 0 Å². The molecule has 0 unspecified atom stereocenters. The molecule has 0 aliphatic rings. The predicted molar refractivity (Wildman–Crippen MR) is 69.7 cm³/mol. The summed E-state index contributed by atoms with van der Waals surface area (Å²) in [6.45, 7) is 2.62. The fourth-order valence-corrected chi connectivity index (χ4v) is 1.67. The molecule has 1 heterocycles. The number of hydrogen-bond acceptors (Lipinski definition) is 4. The number of nitrogens with zero attached hydrogens (tertiary/aromatic N) is 1. The molecule has 2 N–H and O–H groups in total.